The van der Waals surface area contributed by atoms with Crippen molar-refractivity contribution in [3.63, 3.8) is 0 Å². The van der Waals surface area contributed by atoms with Gasteiger partial charge in [0, 0.05) is 50.9 Å². The number of hydrogen-bond donors (Lipinski definition) is 2. The number of fused-ring (bicyclic) bond motifs is 1. The van der Waals surface area contributed by atoms with Gasteiger partial charge in [-0.2, -0.15) is 0 Å². The second-order valence-corrected chi connectivity index (χ2v) is 8.23. The molecule has 0 spiro atoms. The van der Waals surface area contributed by atoms with Crippen LogP contribution in [-0.2, 0) is 4.79 Å². The van der Waals surface area contributed by atoms with E-state index >= 15 is 0 Å². The number of rotatable bonds is 8. The van der Waals surface area contributed by atoms with Crippen molar-refractivity contribution in [2.75, 3.05) is 45.7 Å². The molecule has 0 unspecified atom stereocenters. The van der Waals surface area contributed by atoms with Crippen molar-refractivity contribution < 1.29 is 14.6 Å². The summed E-state index contributed by atoms with van der Waals surface area (Å²) in [6, 6.07) is 19.5. The summed E-state index contributed by atoms with van der Waals surface area (Å²) in [4.78, 5) is 21.5. The number of carbonyl (C=O) groups excluding carboxylic acids is 1. The molecular weight excluding hydrogens is 404 g/mol. The lowest BCUT2D eigenvalue weighted by molar-refractivity contribution is -0.134. The topological polar surface area (TPSA) is 77.9 Å². The molecule has 1 amide bonds. The number of hydrogen-bond acceptors (Lipinski definition) is 6. The normalized spacial score (nSPS) is 17.3. The van der Waals surface area contributed by atoms with Crippen LogP contribution in [0.15, 0.2) is 60.7 Å². The van der Waals surface area contributed by atoms with Crippen molar-refractivity contribution in [1.29, 1.82) is 0 Å². The summed E-state index contributed by atoms with van der Waals surface area (Å²) < 4.78 is 5.76. The Balaban J connectivity index is 1.43. The second kappa shape index (κ2) is 9.97. The number of anilines is 1. The van der Waals surface area contributed by atoms with Gasteiger partial charge in [0.2, 0.25) is 5.88 Å². The second-order valence-electron chi connectivity index (χ2n) is 8.23. The van der Waals surface area contributed by atoms with E-state index in [-0.39, 0.29) is 24.7 Å². The van der Waals surface area contributed by atoms with E-state index < -0.39 is 0 Å². The van der Waals surface area contributed by atoms with Crippen LogP contribution in [0.2, 0.25) is 0 Å². The van der Waals surface area contributed by atoms with Crippen molar-refractivity contribution >= 4 is 22.5 Å². The minimum absolute atomic E-state index is 0.0877. The van der Waals surface area contributed by atoms with Gasteiger partial charge < -0.3 is 20.1 Å². The number of pyridine rings is 1. The van der Waals surface area contributed by atoms with Crippen molar-refractivity contribution in [2.24, 2.45) is 0 Å². The first-order valence-electron chi connectivity index (χ1n) is 11.0. The molecule has 2 atom stereocenters. The zero-order valence-electron chi connectivity index (χ0n) is 18.6. The van der Waals surface area contributed by atoms with Crippen LogP contribution in [-0.4, -0.2) is 72.2 Å². The minimum Gasteiger partial charge on any atom is -0.468 e. The molecule has 2 aromatic carbocycles. The lowest BCUT2D eigenvalue weighted by Crippen LogP contribution is -2.40. The molecule has 4 rings (SSSR count). The lowest BCUT2D eigenvalue weighted by Gasteiger charge is -2.32. The number of aromatic nitrogens is 1. The van der Waals surface area contributed by atoms with E-state index in [1.807, 2.05) is 68.7 Å². The average Bonchev–Trinajstić information content (AvgIpc) is 3.25. The number of nitrogens with zero attached hydrogens (tertiary/aromatic N) is 3. The highest BCUT2D eigenvalue weighted by molar-refractivity contribution is 5.83. The first kappa shape index (κ1) is 22.0. The van der Waals surface area contributed by atoms with E-state index in [0.29, 0.717) is 19.0 Å². The third-order valence-corrected chi connectivity index (χ3v) is 6.02. The standard InChI is InChI=1S/C25H30N4O3/c1-26-20-9-10-22-19(14-20)8-11-24(27-22)32-17-25(31)28(2)23(18-6-4-3-5-7-18)16-29-13-12-21(30)15-29/h3-11,14,21,23,26,30H,12-13,15-17H2,1-2H3/t21-,23+/m0/s1. The van der Waals surface area contributed by atoms with Crippen LogP contribution in [0.4, 0.5) is 5.69 Å². The number of ether oxygens (including phenoxy) is 1. The Morgan fingerprint density at radius 3 is 2.78 bits per heavy atom. The van der Waals surface area contributed by atoms with Crippen molar-refractivity contribution in [2.45, 2.75) is 18.6 Å². The number of aliphatic hydroxyl groups is 1. The summed E-state index contributed by atoms with van der Waals surface area (Å²) in [6.45, 7) is 2.05. The Hall–Kier alpha value is -3.16. The largest absolute Gasteiger partial charge is 0.468 e. The molecule has 1 saturated heterocycles. The van der Waals surface area contributed by atoms with Crippen LogP contribution >= 0.6 is 0 Å². The zero-order chi connectivity index (χ0) is 22.5. The van der Waals surface area contributed by atoms with Crippen LogP contribution in [0.3, 0.4) is 0 Å². The Bertz CT molecular complexity index is 1060. The summed E-state index contributed by atoms with van der Waals surface area (Å²) in [6.07, 6.45) is 0.477. The lowest BCUT2D eigenvalue weighted by atomic mass is 10.0. The molecule has 0 bridgehead atoms. The Morgan fingerprint density at radius 2 is 2.06 bits per heavy atom. The van der Waals surface area contributed by atoms with E-state index in [0.717, 1.165) is 35.1 Å². The fraction of sp³-hybridized carbons (Fsp3) is 0.360. The first-order chi connectivity index (χ1) is 15.5. The van der Waals surface area contributed by atoms with Gasteiger partial charge in [0.1, 0.15) is 0 Å². The smallest absolute Gasteiger partial charge is 0.260 e. The van der Waals surface area contributed by atoms with Gasteiger partial charge in [-0.3, -0.25) is 9.69 Å². The van der Waals surface area contributed by atoms with E-state index in [2.05, 4.69) is 15.2 Å². The summed E-state index contributed by atoms with van der Waals surface area (Å²) in [5, 5.41) is 14.0. The van der Waals surface area contributed by atoms with Gasteiger partial charge in [-0.15, -0.1) is 0 Å². The van der Waals surface area contributed by atoms with E-state index in [1.54, 1.807) is 11.0 Å². The molecule has 0 aliphatic carbocycles. The summed E-state index contributed by atoms with van der Waals surface area (Å²) >= 11 is 0. The Labute approximate surface area is 188 Å². The van der Waals surface area contributed by atoms with Crippen molar-refractivity contribution in [3.05, 3.63) is 66.2 Å². The molecule has 2 N–H and O–H groups in total. The average molecular weight is 435 g/mol. The van der Waals surface area contributed by atoms with E-state index in [1.165, 1.54) is 0 Å². The molecule has 3 aromatic rings. The Kier molecular flexibility index (Phi) is 6.87. The number of nitrogens with one attached hydrogen (secondary N) is 1. The number of likely N-dealkylation sites (tertiary alicyclic amines) is 1. The van der Waals surface area contributed by atoms with Crippen LogP contribution in [0, 0.1) is 0 Å². The highest BCUT2D eigenvalue weighted by atomic mass is 16.5. The third kappa shape index (κ3) is 5.18. The van der Waals surface area contributed by atoms with Gasteiger partial charge in [-0.1, -0.05) is 30.3 Å². The molecule has 1 aromatic heterocycles. The highest BCUT2D eigenvalue weighted by Gasteiger charge is 2.28. The predicted molar refractivity (Wildman–Crippen MR) is 126 cm³/mol. The highest BCUT2D eigenvalue weighted by Crippen LogP contribution is 2.24. The van der Waals surface area contributed by atoms with Crippen molar-refractivity contribution in [3.8, 4) is 5.88 Å². The van der Waals surface area contributed by atoms with Gasteiger partial charge in [0.15, 0.2) is 6.61 Å². The van der Waals surface area contributed by atoms with Gasteiger partial charge in [-0.05, 0) is 36.2 Å². The van der Waals surface area contributed by atoms with Crippen LogP contribution in [0.25, 0.3) is 10.9 Å². The third-order valence-electron chi connectivity index (χ3n) is 6.02. The number of benzene rings is 2. The molecule has 7 heteroatoms. The summed E-state index contributed by atoms with van der Waals surface area (Å²) in [5.74, 6) is 0.307. The molecule has 32 heavy (non-hydrogen) atoms. The molecule has 0 saturated carbocycles. The zero-order valence-corrected chi connectivity index (χ0v) is 18.6. The fourth-order valence-corrected chi connectivity index (χ4v) is 4.10. The Morgan fingerprint density at radius 1 is 1.25 bits per heavy atom. The molecule has 1 aliphatic rings. The van der Waals surface area contributed by atoms with Crippen LogP contribution < -0.4 is 10.1 Å². The number of carbonyl (C=O) groups is 1. The molecule has 1 fully saturated rings. The monoisotopic (exact) mass is 434 g/mol. The molecule has 168 valence electrons. The maximum Gasteiger partial charge on any atom is 0.260 e. The van der Waals surface area contributed by atoms with Gasteiger partial charge in [-0.25, -0.2) is 4.98 Å². The van der Waals surface area contributed by atoms with Crippen LogP contribution in [0.1, 0.15) is 18.0 Å². The van der Waals surface area contributed by atoms with Gasteiger partial charge in [0.25, 0.3) is 5.91 Å². The predicted octanol–water partition coefficient (Wildman–Crippen LogP) is 2.92. The molecule has 0 radical (unpaired) electrons. The number of amides is 1. The minimum atomic E-state index is -0.293. The maximum absolute atomic E-state index is 13.0. The number of aliphatic hydroxyl groups excluding tert-OH is 1. The van der Waals surface area contributed by atoms with E-state index in [9.17, 15) is 9.90 Å². The number of β-amino-alcohol motifs (C(OH)–C–C–N with tert-alkyl or cyclic N) is 1. The molecular formula is C25H30N4O3. The first-order valence-corrected chi connectivity index (χ1v) is 11.0. The van der Waals surface area contributed by atoms with Gasteiger partial charge >= 0.3 is 0 Å². The number of likely N-dealkylation sites (N-methyl/N-ethyl adjacent to an activating group) is 1. The van der Waals surface area contributed by atoms with Crippen molar-refractivity contribution in [1.82, 2.24) is 14.8 Å². The fourth-order valence-electron chi connectivity index (χ4n) is 4.10. The SMILES string of the molecule is CNc1ccc2nc(OCC(=O)N(C)[C@H](CN3CC[C@H](O)C3)c3ccccc3)ccc2c1. The van der Waals surface area contributed by atoms with E-state index in [4.69, 9.17) is 4.74 Å². The van der Waals surface area contributed by atoms with Crippen LogP contribution in [0.5, 0.6) is 5.88 Å². The quantitative estimate of drug-likeness (QED) is 0.568. The molecule has 7 nitrogen and oxygen atoms in total. The molecule has 2 heterocycles. The maximum atomic E-state index is 13.0. The summed E-state index contributed by atoms with van der Waals surface area (Å²) in [7, 11) is 3.69. The van der Waals surface area contributed by atoms with Gasteiger partial charge in [0.05, 0.1) is 17.7 Å². The molecule has 1 aliphatic heterocycles. The summed E-state index contributed by atoms with van der Waals surface area (Å²) in [5.41, 5.74) is 2.90.